The number of hydrogen-bond acceptors (Lipinski definition) is 2. The van der Waals surface area contributed by atoms with Gasteiger partial charge in [-0.05, 0) is 36.6 Å². The Bertz CT molecular complexity index is 404. The Hall–Kier alpha value is -1.03. The summed E-state index contributed by atoms with van der Waals surface area (Å²) in [5, 5.41) is 0. The van der Waals surface area contributed by atoms with E-state index in [9.17, 15) is 4.79 Å². The van der Waals surface area contributed by atoms with Crippen molar-refractivity contribution in [2.75, 3.05) is 14.2 Å². The Kier molecular flexibility index (Phi) is 4.35. The van der Waals surface area contributed by atoms with Crippen LogP contribution in [0.1, 0.15) is 16.7 Å². The molecule has 1 aromatic rings. The lowest BCUT2D eigenvalue weighted by Crippen LogP contribution is -2.20. The van der Waals surface area contributed by atoms with E-state index in [1.54, 1.807) is 19.1 Å². The van der Waals surface area contributed by atoms with Gasteiger partial charge < -0.3 is 9.64 Å². The van der Waals surface area contributed by atoms with E-state index < -0.39 is 0 Å². The molecule has 0 saturated heterocycles. The summed E-state index contributed by atoms with van der Waals surface area (Å²) in [4.78, 5) is 12.6. The summed E-state index contributed by atoms with van der Waals surface area (Å²) < 4.78 is 5.24. The Morgan fingerprint density at radius 2 is 2.00 bits per heavy atom. The molecule has 0 N–H and O–H groups in total. The van der Waals surface area contributed by atoms with Crippen LogP contribution in [0.25, 0.3) is 0 Å². The smallest absolute Gasteiger partial charge is 0.289 e. The molecule has 1 rings (SSSR count). The van der Waals surface area contributed by atoms with Gasteiger partial charge in [0.1, 0.15) is 5.75 Å². The minimum Gasteiger partial charge on any atom is -0.496 e. The summed E-state index contributed by atoms with van der Waals surface area (Å²) in [5.74, 6) is 0.883. The molecule has 0 bridgehead atoms. The minimum atomic E-state index is -0.111. The first kappa shape index (κ1) is 13.0. The van der Waals surface area contributed by atoms with Gasteiger partial charge >= 0.3 is 0 Å². The molecule has 0 unspecified atom stereocenters. The summed E-state index contributed by atoms with van der Waals surface area (Å²) in [6.07, 6.45) is 0. The second kappa shape index (κ2) is 5.34. The van der Waals surface area contributed by atoms with Crippen LogP contribution in [0.15, 0.2) is 12.1 Å². The van der Waals surface area contributed by atoms with Crippen molar-refractivity contribution in [3.8, 4) is 5.75 Å². The van der Waals surface area contributed by atoms with Gasteiger partial charge in [-0.2, -0.15) is 0 Å². The second-order valence-electron chi connectivity index (χ2n) is 3.86. The van der Waals surface area contributed by atoms with Gasteiger partial charge in [-0.3, -0.25) is 4.79 Å². The number of halogens is 1. The maximum atomic E-state index is 11.1. The molecular formula is C12H16BrNO2. The molecule has 0 fully saturated rings. The highest BCUT2D eigenvalue weighted by Crippen LogP contribution is 2.23. The van der Waals surface area contributed by atoms with E-state index in [0.29, 0.717) is 6.54 Å². The molecule has 1 aromatic carbocycles. The minimum absolute atomic E-state index is 0.111. The number of rotatable bonds is 3. The molecule has 0 aliphatic heterocycles. The molecule has 0 aliphatic carbocycles. The molecule has 0 atom stereocenters. The van der Waals surface area contributed by atoms with Crippen molar-refractivity contribution in [3.05, 3.63) is 28.8 Å². The topological polar surface area (TPSA) is 29.5 Å². The van der Waals surface area contributed by atoms with E-state index in [-0.39, 0.29) is 4.82 Å². The van der Waals surface area contributed by atoms with Crippen LogP contribution >= 0.6 is 15.9 Å². The lowest BCUT2D eigenvalue weighted by atomic mass is 10.0. The van der Waals surface area contributed by atoms with Crippen LogP contribution in [-0.2, 0) is 6.54 Å². The third kappa shape index (κ3) is 2.98. The Balaban J connectivity index is 2.98. The van der Waals surface area contributed by atoms with Crippen molar-refractivity contribution in [2.24, 2.45) is 0 Å². The molecule has 0 heterocycles. The maximum absolute atomic E-state index is 11.1. The number of nitrogens with zero attached hydrogens (tertiary/aromatic N) is 1. The molecule has 0 saturated carbocycles. The second-order valence-corrected chi connectivity index (χ2v) is 4.54. The number of hydrogen-bond donors (Lipinski definition) is 0. The molecule has 4 heteroatoms. The van der Waals surface area contributed by atoms with Crippen LogP contribution in [0, 0.1) is 13.8 Å². The fraction of sp³-hybridized carbons (Fsp3) is 0.417. The number of carbonyl (C=O) groups is 1. The number of ether oxygens (including phenoxy) is 1. The van der Waals surface area contributed by atoms with E-state index in [0.717, 1.165) is 22.4 Å². The maximum Gasteiger partial charge on any atom is 0.289 e. The lowest BCUT2D eigenvalue weighted by Gasteiger charge is -2.17. The average molecular weight is 286 g/mol. The van der Waals surface area contributed by atoms with Crippen LogP contribution in [0.2, 0.25) is 0 Å². The normalized spacial score (nSPS) is 10.1. The van der Waals surface area contributed by atoms with E-state index in [1.165, 1.54) is 0 Å². The fourth-order valence-corrected chi connectivity index (χ4v) is 1.68. The average Bonchev–Trinajstić information content (AvgIpc) is 2.22. The Morgan fingerprint density at radius 3 is 2.50 bits per heavy atom. The first-order valence-electron chi connectivity index (χ1n) is 5.00. The van der Waals surface area contributed by atoms with E-state index in [4.69, 9.17) is 4.74 Å². The molecule has 3 nitrogen and oxygen atoms in total. The van der Waals surface area contributed by atoms with Gasteiger partial charge in [0.2, 0.25) is 0 Å². The van der Waals surface area contributed by atoms with Gasteiger partial charge in [-0.15, -0.1) is 0 Å². The standard InChI is InChI=1S/C12H16BrNO2/c1-8-6-11(16-4)9(2)5-10(8)7-14(3)12(13)15/h5-6H,7H2,1-4H3. The molecule has 0 spiro atoms. The first-order valence-corrected chi connectivity index (χ1v) is 5.79. The molecule has 0 aromatic heterocycles. The first-order chi connectivity index (χ1) is 7.45. The lowest BCUT2D eigenvalue weighted by molar-refractivity contribution is 0.233. The highest BCUT2D eigenvalue weighted by molar-refractivity contribution is 9.18. The molecular weight excluding hydrogens is 270 g/mol. The zero-order valence-corrected chi connectivity index (χ0v) is 11.6. The number of amides is 1. The van der Waals surface area contributed by atoms with Gasteiger partial charge in [0.15, 0.2) is 0 Å². The summed E-state index contributed by atoms with van der Waals surface area (Å²) in [6.45, 7) is 4.61. The Morgan fingerprint density at radius 1 is 1.38 bits per heavy atom. The summed E-state index contributed by atoms with van der Waals surface area (Å²) in [7, 11) is 3.42. The van der Waals surface area contributed by atoms with Gasteiger partial charge in [0.25, 0.3) is 4.82 Å². The Labute approximate surface area is 105 Å². The van der Waals surface area contributed by atoms with Crippen molar-refractivity contribution in [1.29, 1.82) is 0 Å². The molecule has 0 radical (unpaired) electrons. The zero-order chi connectivity index (χ0) is 12.3. The molecule has 1 amide bonds. The molecule has 16 heavy (non-hydrogen) atoms. The number of benzene rings is 1. The largest absolute Gasteiger partial charge is 0.496 e. The quantitative estimate of drug-likeness (QED) is 0.630. The van der Waals surface area contributed by atoms with Crippen molar-refractivity contribution < 1.29 is 9.53 Å². The fourth-order valence-electron chi connectivity index (χ4n) is 1.56. The summed E-state index contributed by atoms with van der Waals surface area (Å²) >= 11 is 2.93. The molecule has 0 aliphatic rings. The monoisotopic (exact) mass is 285 g/mol. The van der Waals surface area contributed by atoms with Crippen molar-refractivity contribution in [1.82, 2.24) is 4.90 Å². The molecule has 88 valence electrons. The third-order valence-corrected chi connectivity index (χ3v) is 3.17. The van der Waals surface area contributed by atoms with Crippen LogP contribution < -0.4 is 4.74 Å². The van der Waals surface area contributed by atoms with E-state index in [2.05, 4.69) is 22.0 Å². The number of carbonyl (C=O) groups excluding carboxylic acids is 1. The van der Waals surface area contributed by atoms with Crippen LogP contribution in [0.3, 0.4) is 0 Å². The van der Waals surface area contributed by atoms with Gasteiger partial charge in [0, 0.05) is 29.5 Å². The van der Waals surface area contributed by atoms with Crippen molar-refractivity contribution in [2.45, 2.75) is 20.4 Å². The van der Waals surface area contributed by atoms with E-state index >= 15 is 0 Å². The zero-order valence-electron chi connectivity index (χ0n) is 10.0. The summed E-state index contributed by atoms with van der Waals surface area (Å²) in [6, 6.07) is 4.05. The van der Waals surface area contributed by atoms with Crippen LogP contribution in [-0.4, -0.2) is 23.9 Å². The summed E-state index contributed by atoms with van der Waals surface area (Å²) in [5.41, 5.74) is 3.34. The third-order valence-electron chi connectivity index (χ3n) is 2.56. The van der Waals surface area contributed by atoms with E-state index in [1.807, 2.05) is 19.9 Å². The number of methoxy groups -OCH3 is 1. The van der Waals surface area contributed by atoms with Crippen LogP contribution in [0.4, 0.5) is 4.79 Å². The van der Waals surface area contributed by atoms with Gasteiger partial charge in [-0.1, -0.05) is 6.07 Å². The highest BCUT2D eigenvalue weighted by atomic mass is 79.9. The van der Waals surface area contributed by atoms with Crippen LogP contribution in [0.5, 0.6) is 5.75 Å². The highest BCUT2D eigenvalue weighted by Gasteiger charge is 2.09. The predicted molar refractivity (Wildman–Crippen MR) is 68.3 cm³/mol. The van der Waals surface area contributed by atoms with Gasteiger partial charge in [-0.25, -0.2) is 0 Å². The van der Waals surface area contributed by atoms with Crippen molar-refractivity contribution in [3.63, 3.8) is 0 Å². The van der Waals surface area contributed by atoms with Gasteiger partial charge in [0.05, 0.1) is 7.11 Å². The predicted octanol–water partition coefficient (Wildman–Crippen LogP) is 3.26. The van der Waals surface area contributed by atoms with Crippen molar-refractivity contribution >= 4 is 20.7 Å². The number of aryl methyl sites for hydroxylation is 2. The SMILES string of the molecule is COc1cc(C)c(CN(C)C(=O)Br)cc1C.